The fourth-order valence-electron chi connectivity index (χ4n) is 0.330. The number of hydrogen-bond donors (Lipinski definition) is 2. The van der Waals surface area contributed by atoms with Gasteiger partial charge in [-0.25, -0.2) is 4.79 Å². The number of nitrogens with two attached hydrogens (primary N) is 1. The Kier molecular flexibility index (Phi) is 3.79. The van der Waals surface area contributed by atoms with Crippen molar-refractivity contribution in [2.45, 2.75) is 19.4 Å². The first kappa shape index (κ1) is 8.23. The molecular formula is C5H11NO3. The third-order valence-electron chi connectivity index (χ3n) is 0.780. The Morgan fingerprint density at radius 2 is 2.44 bits per heavy atom. The first-order chi connectivity index (χ1) is 4.13. The average molecular weight is 133 g/mol. The molecule has 4 heteroatoms. The zero-order valence-electron chi connectivity index (χ0n) is 5.33. The summed E-state index contributed by atoms with van der Waals surface area (Å²) in [4.78, 5) is 9.90. The third-order valence-corrected chi connectivity index (χ3v) is 0.780. The fourth-order valence-corrected chi connectivity index (χ4v) is 0.330. The van der Waals surface area contributed by atoms with Crippen LogP contribution >= 0.6 is 0 Å². The first-order valence-electron chi connectivity index (χ1n) is 2.73. The maximum Gasteiger partial charge on any atom is 0.404 e. The average Bonchev–Trinajstić information content (AvgIpc) is 1.63. The molecule has 0 saturated heterocycles. The van der Waals surface area contributed by atoms with Gasteiger partial charge in [0.15, 0.2) is 0 Å². The Labute approximate surface area is 53.6 Å². The van der Waals surface area contributed by atoms with E-state index in [1.54, 1.807) is 6.92 Å². The molecule has 0 radical (unpaired) electrons. The molecule has 54 valence electrons. The molecule has 1 atom stereocenters. The van der Waals surface area contributed by atoms with Gasteiger partial charge in [-0.1, -0.05) is 0 Å². The van der Waals surface area contributed by atoms with Crippen molar-refractivity contribution in [3.8, 4) is 0 Å². The zero-order valence-corrected chi connectivity index (χ0v) is 5.33. The van der Waals surface area contributed by atoms with Crippen LogP contribution in [0.4, 0.5) is 4.79 Å². The predicted octanol–water partition coefficient (Wildman–Crippen LogP) is -0.147. The van der Waals surface area contributed by atoms with Crippen LogP contribution in [-0.4, -0.2) is 23.9 Å². The highest BCUT2D eigenvalue weighted by atomic mass is 16.5. The minimum absolute atomic E-state index is 0.188. The van der Waals surface area contributed by atoms with Crippen molar-refractivity contribution in [1.82, 2.24) is 0 Å². The molecule has 1 amide bonds. The van der Waals surface area contributed by atoms with E-state index >= 15 is 0 Å². The van der Waals surface area contributed by atoms with Crippen molar-refractivity contribution < 1.29 is 14.6 Å². The molecule has 3 N–H and O–H groups in total. The monoisotopic (exact) mass is 133 g/mol. The number of primary amides is 1. The van der Waals surface area contributed by atoms with E-state index in [4.69, 9.17) is 5.11 Å². The Morgan fingerprint density at radius 1 is 1.89 bits per heavy atom. The van der Waals surface area contributed by atoms with Crippen LogP contribution in [0.1, 0.15) is 13.3 Å². The topological polar surface area (TPSA) is 72.6 Å². The second-order valence-electron chi connectivity index (χ2n) is 1.81. The summed E-state index contributed by atoms with van der Waals surface area (Å²) in [6.07, 6.45) is -0.803. The summed E-state index contributed by atoms with van der Waals surface area (Å²) in [5, 5.41) is 8.63. The highest BCUT2D eigenvalue weighted by molar-refractivity contribution is 5.64. The maximum atomic E-state index is 9.90. The lowest BCUT2D eigenvalue weighted by Crippen LogP contribution is -2.16. The van der Waals surface area contributed by atoms with Gasteiger partial charge in [-0.05, 0) is 6.92 Å². The summed E-state index contributed by atoms with van der Waals surface area (Å²) in [6.45, 7) is 1.80. The fraction of sp³-hybridized carbons (Fsp3) is 0.800. The van der Waals surface area contributed by atoms with Gasteiger partial charge in [0.25, 0.3) is 0 Å². The van der Waals surface area contributed by atoms with Gasteiger partial charge in [0, 0.05) is 6.42 Å². The van der Waals surface area contributed by atoms with Gasteiger partial charge in [0.2, 0.25) is 0 Å². The van der Waals surface area contributed by atoms with Gasteiger partial charge in [0.05, 0.1) is 12.7 Å². The number of hydrogen-bond acceptors (Lipinski definition) is 3. The Morgan fingerprint density at radius 3 is 2.78 bits per heavy atom. The summed E-state index contributed by atoms with van der Waals surface area (Å²) in [5.74, 6) is 0. The SMILES string of the molecule is C[C@@H](O)CCOC(N)=O. The lowest BCUT2D eigenvalue weighted by molar-refractivity contribution is 0.119. The molecule has 0 aromatic rings. The van der Waals surface area contributed by atoms with Crippen LogP contribution in [-0.2, 0) is 4.74 Å². The molecule has 0 spiro atoms. The van der Waals surface area contributed by atoms with E-state index < -0.39 is 12.2 Å². The van der Waals surface area contributed by atoms with Crippen LogP contribution in [0.25, 0.3) is 0 Å². The molecule has 9 heavy (non-hydrogen) atoms. The van der Waals surface area contributed by atoms with E-state index in [0.29, 0.717) is 6.42 Å². The molecular weight excluding hydrogens is 122 g/mol. The number of carbonyl (C=O) groups excluding carboxylic acids is 1. The number of rotatable bonds is 3. The van der Waals surface area contributed by atoms with Gasteiger partial charge in [0.1, 0.15) is 0 Å². The van der Waals surface area contributed by atoms with E-state index in [2.05, 4.69) is 10.5 Å². The van der Waals surface area contributed by atoms with E-state index in [1.165, 1.54) is 0 Å². The number of amides is 1. The van der Waals surface area contributed by atoms with Crippen molar-refractivity contribution in [2.24, 2.45) is 5.73 Å². The van der Waals surface area contributed by atoms with E-state index in [1.807, 2.05) is 0 Å². The molecule has 0 bridgehead atoms. The Bertz CT molecular complexity index is 92.2. The number of carbonyl (C=O) groups is 1. The van der Waals surface area contributed by atoms with Crippen LogP contribution in [0.15, 0.2) is 0 Å². The van der Waals surface area contributed by atoms with Crippen molar-refractivity contribution in [2.75, 3.05) is 6.61 Å². The van der Waals surface area contributed by atoms with E-state index in [-0.39, 0.29) is 6.61 Å². The minimum atomic E-state index is -0.796. The smallest absolute Gasteiger partial charge is 0.404 e. The van der Waals surface area contributed by atoms with Crippen LogP contribution in [0, 0.1) is 0 Å². The van der Waals surface area contributed by atoms with Crippen LogP contribution in [0.5, 0.6) is 0 Å². The van der Waals surface area contributed by atoms with Crippen molar-refractivity contribution in [3.05, 3.63) is 0 Å². The van der Waals surface area contributed by atoms with Gasteiger partial charge in [-0.2, -0.15) is 0 Å². The molecule has 0 rings (SSSR count). The number of aliphatic hydroxyl groups is 1. The Hall–Kier alpha value is -0.770. The lowest BCUT2D eigenvalue weighted by Gasteiger charge is -2.02. The van der Waals surface area contributed by atoms with Crippen molar-refractivity contribution in [3.63, 3.8) is 0 Å². The minimum Gasteiger partial charge on any atom is -0.450 e. The van der Waals surface area contributed by atoms with E-state index in [9.17, 15) is 4.79 Å². The van der Waals surface area contributed by atoms with Gasteiger partial charge in [-0.3, -0.25) is 0 Å². The van der Waals surface area contributed by atoms with Gasteiger partial charge < -0.3 is 15.6 Å². The second kappa shape index (κ2) is 4.14. The van der Waals surface area contributed by atoms with Crippen LogP contribution in [0.3, 0.4) is 0 Å². The first-order valence-corrected chi connectivity index (χ1v) is 2.73. The van der Waals surface area contributed by atoms with Gasteiger partial charge in [-0.15, -0.1) is 0 Å². The predicted molar refractivity (Wildman–Crippen MR) is 31.8 cm³/mol. The summed E-state index contributed by atoms with van der Waals surface area (Å²) < 4.78 is 4.33. The molecule has 0 unspecified atom stereocenters. The number of ether oxygens (including phenoxy) is 1. The molecule has 0 aromatic heterocycles. The molecule has 0 fully saturated rings. The zero-order chi connectivity index (χ0) is 7.28. The molecule has 0 aliphatic heterocycles. The highest BCUT2D eigenvalue weighted by Crippen LogP contribution is 1.88. The highest BCUT2D eigenvalue weighted by Gasteiger charge is 1.96. The standard InChI is InChI=1S/C5H11NO3/c1-4(7)2-3-9-5(6)8/h4,7H,2-3H2,1H3,(H2,6,8)/t4-/m1/s1. The quantitative estimate of drug-likeness (QED) is 0.562. The second-order valence-corrected chi connectivity index (χ2v) is 1.81. The van der Waals surface area contributed by atoms with Crippen molar-refractivity contribution in [1.29, 1.82) is 0 Å². The van der Waals surface area contributed by atoms with Gasteiger partial charge >= 0.3 is 6.09 Å². The molecule has 0 aliphatic carbocycles. The normalized spacial score (nSPS) is 12.7. The van der Waals surface area contributed by atoms with Crippen LogP contribution in [0.2, 0.25) is 0 Å². The summed E-state index contributed by atoms with van der Waals surface area (Å²) in [5.41, 5.74) is 4.64. The molecule has 0 aliphatic rings. The van der Waals surface area contributed by atoms with Crippen molar-refractivity contribution >= 4 is 6.09 Å². The van der Waals surface area contributed by atoms with Crippen LogP contribution < -0.4 is 5.73 Å². The Balaban J connectivity index is 3.01. The maximum absolute atomic E-state index is 9.90. The molecule has 0 aromatic carbocycles. The van der Waals surface area contributed by atoms with E-state index in [0.717, 1.165) is 0 Å². The summed E-state index contributed by atoms with van der Waals surface area (Å²) in [7, 11) is 0. The summed E-state index contributed by atoms with van der Waals surface area (Å²) >= 11 is 0. The third kappa shape index (κ3) is 7.23. The molecule has 0 heterocycles. The lowest BCUT2D eigenvalue weighted by atomic mass is 10.3. The molecule has 4 nitrogen and oxygen atoms in total. The summed E-state index contributed by atoms with van der Waals surface area (Å²) in [6, 6.07) is 0. The largest absolute Gasteiger partial charge is 0.450 e. The molecule has 0 saturated carbocycles. The number of aliphatic hydroxyl groups excluding tert-OH is 1.